The number of halogens is 1. The van der Waals surface area contributed by atoms with E-state index in [1.807, 2.05) is 30.3 Å². The summed E-state index contributed by atoms with van der Waals surface area (Å²) in [7, 11) is 0. The Balaban J connectivity index is 1.74. The van der Waals surface area contributed by atoms with Crippen molar-refractivity contribution in [1.29, 1.82) is 0 Å². The largest absolute Gasteiger partial charge is 0.340 e. The maximum atomic E-state index is 12.9. The number of nitrogens with one attached hydrogen (secondary N) is 2. The van der Waals surface area contributed by atoms with Gasteiger partial charge in [-0.2, -0.15) is 0 Å². The van der Waals surface area contributed by atoms with Gasteiger partial charge in [0.2, 0.25) is 5.91 Å². The fraction of sp³-hybridized carbons (Fsp3) is 0.300. The van der Waals surface area contributed by atoms with Crippen molar-refractivity contribution in [1.82, 2.24) is 15.5 Å². The second-order valence-corrected chi connectivity index (χ2v) is 6.07. The minimum atomic E-state index is -0.455. The van der Waals surface area contributed by atoms with E-state index < -0.39 is 6.03 Å². The van der Waals surface area contributed by atoms with Crippen LogP contribution in [0.3, 0.4) is 0 Å². The Morgan fingerprint density at radius 1 is 0.926 bits per heavy atom. The van der Waals surface area contributed by atoms with Crippen LogP contribution in [0.4, 0.5) is 9.18 Å². The highest BCUT2D eigenvalue weighted by Crippen LogP contribution is 2.03. The van der Waals surface area contributed by atoms with E-state index in [1.165, 1.54) is 12.1 Å². The van der Waals surface area contributed by atoms with E-state index in [-0.39, 0.29) is 24.8 Å². The smallest absolute Gasteiger partial charge is 0.315 e. The van der Waals surface area contributed by atoms with Crippen LogP contribution in [0.25, 0.3) is 0 Å². The van der Waals surface area contributed by atoms with E-state index in [9.17, 15) is 14.0 Å². The summed E-state index contributed by atoms with van der Waals surface area (Å²) in [5, 5.41) is 5.18. The van der Waals surface area contributed by atoms with E-state index in [2.05, 4.69) is 10.6 Å². The van der Waals surface area contributed by atoms with Crippen LogP contribution in [-0.2, 0) is 17.8 Å². The summed E-state index contributed by atoms with van der Waals surface area (Å²) in [6, 6.07) is 15.3. The number of nitrogens with two attached hydrogens (primary N) is 1. The lowest BCUT2D eigenvalue weighted by atomic mass is 10.1. The summed E-state index contributed by atoms with van der Waals surface area (Å²) >= 11 is 0. The molecule has 0 saturated carbocycles. The molecule has 0 spiro atoms. The number of amides is 3. The van der Waals surface area contributed by atoms with Crippen LogP contribution in [0.15, 0.2) is 54.6 Å². The van der Waals surface area contributed by atoms with Crippen LogP contribution in [0, 0.1) is 5.82 Å². The minimum absolute atomic E-state index is 0.107. The van der Waals surface area contributed by atoms with Gasteiger partial charge < -0.3 is 21.3 Å². The van der Waals surface area contributed by atoms with Crippen molar-refractivity contribution in [3.8, 4) is 0 Å². The second-order valence-electron chi connectivity index (χ2n) is 6.07. The lowest BCUT2D eigenvalue weighted by Crippen LogP contribution is -2.45. The van der Waals surface area contributed by atoms with Gasteiger partial charge in [0.25, 0.3) is 0 Å². The number of hydrogen-bond donors (Lipinski definition) is 3. The van der Waals surface area contributed by atoms with E-state index in [1.54, 1.807) is 17.0 Å². The quantitative estimate of drug-likeness (QED) is 0.626. The topological polar surface area (TPSA) is 87.5 Å². The van der Waals surface area contributed by atoms with Crippen molar-refractivity contribution >= 4 is 11.9 Å². The molecule has 0 saturated heterocycles. The lowest BCUT2D eigenvalue weighted by Gasteiger charge is -2.22. The molecule has 0 fully saturated rings. The van der Waals surface area contributed by atoms with Crippen molar-refractivity contribution in [2.45, 2.75) is 13.0 Å². The van der Waals surface area contributed by atoms with Gasteiger partial charge in [-0.1, -0.05) is 42.5 Å². The van der Waals surface area contributed by atoms with Crippen LogP contribution in [0.2, 0.25) is 0 Å². The number of nitrogens with zero attached hydrogens (tertiary/aromatic N) is 1. The zero-order chi connectivity index (χ0) is 19.5. The molecular formula is C20H25FN4O2. The molecule has 0 aliphatic carbocycles. The van der Waals surface area contributed by atoms with Crippen LogP contribution < -0.4 is 16.4 Å². The first-order valence-electron chi connectivity index (χ1n) is 8.86. The first-order chi connectivity index (χ1) is 13.1. The number of benzene rings is 2. The molecule has 144 valence electrons. The Kier molecular flexibility index (Phi) is 8.25. The fourth-order valence-corrected chi connectivity index (χ4v) is 2.54. The molecule has 2 aromatic carbocycles. The van der Waals surface area contributed by atoms with Crippen molar-refractivity contribution in [3.63, 3.8) is 0 Å². The molecule has 6 nitrogen and oxygen atoms in total. The van der Waals surface area contributed by atoms with Gasteiger partial charge in [-0.3, -0.25) is 4.79 Å². The molecule has 0 bridgehead atoms. The fourth-order valence-electron chi connectivity index (χ4n) is 2.54. The molecule has 0 unspecified atom stereocenters. The van der Waals surface area contributed by atoms with E-state index >= 15 is 0 Å². The van der Waals surface area contributed by atoms with Gasteiger partial charge in [0.05, 0.1) is 6.54 Å². The average Bonchev–Trinajstić information content (AvgIpc) is 2.69. The third kappa shape index (κ3) is 7.45. The van der Waals surface area contributed by atoms with Gasteiger partial charge in [0.15, 0.2) is 0 Å². The zero-order valence-electron chi connectivity index (χ0n) is 15.2. The standard InChI is InChI=1S/C20H25FN4O2/c21-18-8-6-17(7-9-18)14-23-20(27)24-15-19(26)25(13-11-22)12-10-16-4-2-1-3-5-16/h1-9H,10-15,22H2,(H2,23,24,27). The minimum Gasteiger partial charge on any atom is -0.340 e. The van der Waals surface area contributed by atoms with E-state index in [0.29, 0.717) is 19.6 Å². The van der Waals surface area contributed by atoms with Crippen molar-refractivity contribution in [2.24, 2.45) is 5.73 Å². The molecule has 0 aliphatic heterocycles. The summed E-state index contributed by atoms with van der Waals surface area (Å²) in [5.74, 6) is -0.516. The first-order valence-corrected chi connectivity index (χ1v) is 8.86. The van der Waals surface area contributed by atoms with Gasteiger partial charge >= 0.3 is 6.03 Å². The highest BCUT2D eigenvalue weighted by molar-refractivity contribution is 5.84. The average molecular weight is 372 g/mol. The Bertz CT molecular complexity index is 723. The third-order valence-electron chi connectivity index (χ3n) is 4.03. The molecule has 0 heterocycles. The van der Waals surface area contributed by atoms with Crippen molar-refractivity contribution < 1.29 is 14.0 Å². The normalized spacial score (nSPS) is 10.3. The number of carbonyl (C=O) groups excluding carboxylic acids is 2. The Morgan fingerprint density at radius 2 is 1.63 bits per heavy atom. The summed E-state index contributed by atoms with van der Waals surface area (Å²) < 4.78 is 12.9. The number of carbonyl (C=O) groups is 2. The van der Waals surface area contributed by atoms with E-state index in [4.69, 9.17) is 5.73 Å². The predicted octanol–water partition coefficient (Wildman–Crippen LogP) is 1.65. The number of rotatable bonds is 9. The number of hydrogen-bond acceptors (Lipinski definition) is 3. The maximum Gasteiger partial charge on any atom is 0.315 e. The van der Waals surface area contributed by atoms with Gasteiger partial charge in [-0.15, -0.1) is 0 Å². The zero-order valence-corrected chi connectivity index (χ0v) is 15.2. The summed E-state index contributed by atoms with van der Waals surface area (Å²) in [6.07, 6.45) is 0.726. The highest BCUT2D eigenvalue weighted by atomic mass is 19.1. The van der Waals surface area contributed by atoms with Crippen LogP contribution in [0.5, 0.6) is 0 Å². The van der Waals surface area contributed by atoms with Gasteiger partial charge in [-0.05, 0) is 29.7 Å². The van der Waals surface area contributed by atoms with Gasteiger partial charge in [0.1, 0.15) is 5.82 Å². The molecule has 0 atom stereocenters. The van der Waals surface area contributed by atoms with E-state index in [0.717, 1.165) is 17.5 Å². The molecule has 2 aromatic rings. The maximum absolute atomic E-state index is 12.9. The molecule has 0 radical (unpaired) electrons. The summed E-state index contributed by atoms with van der Waals surface area (Å²) in [4.78, 5) is 25.9. The Hall–Kier alpha value is -2.93. The van der Waals surface area contributed by atoms with Gasteiger partial charge in [-0.25, -0.2) is 9.18 Å². The second kappa shape index (κ2) is 10.9. The van der Waals surface area contributed by atoms with Crippen LogP contribution in [0.1, 0.15) is 11.1 Å². The summed E-state index contributed by atoms with van der Waals surface area (Å²) in [6.45, 7) is 1.48. The monoisotopic (exact) mass is 372 g/mol. The van der Waals surface area contributed by atoms with Crippen molar-refractivity contribution in [3.05, 3.63) is 71.5 Å². The molecule has 27 heavy (non-hydrogen) atoms. The number of urea groups is 1. The summed E-state index contributed by atoms with van der Waals surface area (Å²) in [5.41, 5.74) is 7.50. The first kappa shape index (κ1) is 20.4. The predicted molar refractivity (Wildman–Crippen MR) is 102 cm³/mol. The molecule has 3 amide bonds. The molecule has 4 N–H and O–H groups in total. The lowest BCUT2D eigenvalue weighted by molar-refractivity contribution is -0.129. The SMILES string of the molecule is NCCN(CCc1ccccc1)C(=O)CNC(=O)NCc1ccc(F)cc1. The molecule has 0 aromatic heterocycles. The molecule has 7 heteroatoms. The molecule has 2 rings (SSSR count). The van der Waals surface area contributed by atoms with Crippen molar-refractivity contribution in [2.75, 3.05) is 26.2 Å². The molecule has 0 aliphatic rings. The molecular weight excluding hydrogens is 347 g/mol. The third-order valence-corrected chi connectivity index (χ3v) is 4.03. The Labute approximate surface area is 158 Å². The van der Waals surface area contributed by atoms with Crippen LogP contribution in [-0.4, -0.2) is 43.0 Å². The Morgan fingerprint density at radius 3 is 2.30 bits per heavy atom. The highest BCUT2D eigenvalue weighted by Gasteiger charge is 2.13. The van der Waals surface area contributed by atoms with Gasteiger partial charge in [0, 0.05) is 26.2 Å². The van der Waals surface area contributed by atoms with Crippen LogP contribution >= 0.6 is 0 Å².